The molecule has 0 aromatic carbocycles. The van der Waals surface area contributed by atoms with Crippen molar-refractivity contribution in [2.75, 3.05) is 7.05 Å². The summed E-state index contributed by atoms with van der Waals surface area (Å²) >= 11 is 10.3. The van der Waals surface area contributed by atoms with Gasteiger partial charge in [-0.3, -0.25) is 14.4 Å². The van der Waals surface area contributed by atoms with Crippen LogP contribution < -0.4 is 5.48 Å². The molecule has 0 aliphatic heterocycles. The highest BCUT2D eigenvalue weighted by Gasteiger charge is 2.38. The Morgan fingerprint density at radius 1 is 1.19 bits per heavy atom. The molecule has 0 aliphatic rings. The van der Waals surface area contributed by atoms with Gasteiger partial charge in [-0.15, -0.1) is 0 Å². The fourth-order valence-electron chi connectivity index (χ4n) is 2.07. The summed E-state index contributed by atoms with van der Waals surface area (Å²) in [4.78, 5) is 51.2. The SMILES string of the molecule is CCC(CC)(CC(=O)CCC(=O)O)C(=O)NOC(=O)N(C)SC(F)(Cl)Cl. The zero-order valence-corrected chi connectivity index (χ0v) is 16.8. The topological polar surface area (TPSA) is 113 Å². The maximum absolute atomic E-state index is 13.0. The Balaban J connectivity index is 4.84. The van der Waals surface area contributed by atoms with Crippen LogP contribution in [0.5, 0.6) is 0 Å². The molecule has 26 heavy (non-hydrogen) atoms. The molecule has 0 radical (unpaired) electrons. The van der Waals surface area contributed by atoms with Crippen LogP contribution in [-0.4, -0.2) is 44.1 Å². The second-order valence-corrected chi connectivity index (χ2v) is 8.41. The Labute approximate surface area is 164 Å². The summed E-state index contributed by atoms with van der Waals surface area (Å²) in [6.07, 6.45) is -1.35. The first-order chi connectivity index (χ1) is 11.9. The highest BCUT2D eigenvalue weighted by Crippen LogP contribution is 2.38. The third-order valence-electron chi connectivity index (χ3n) is 3.72. The number of carbonyl (C=O) groups excluding carboxylic acids is 3. The molecule has 0 saturated carbocycles. The van der Waals surface area contributed by atoms with Gasteiger partial charge in [-0.25, -0.2) is 9.10 Å². The Morgan fingerprint density at radius 2 is 1.73 bits per heavy atom. The lowest BCUT2D eigenvalue weighted by atomic mass is 9.76. The van der Waals surface area contributed by atoms with Crippen molar-refractivity contribution in [3.8, 4) is 0 Å². The molecule has 0 aromatic rings. The van der Waals surface area contributed by atoms with Crippen LogP contribution >= 0.6 is 35.1 Å². The van der Waals surface area contributed by atoms with E-state index in [9.17, 15) is 23.6 Å². The number of hydrogen-bond donors (Lipinski definition) is 2. The highest BCUT2D eigenvalue weighted by atomic mass is 35.5. The number of nitrogens with zero attached hydrogens (tertiary/aromatic N) is 1. The van der Waals surface area contributed by atoms with Crippen molar-refractivity contribution < 1.29 is 33.5 Å². The van der Waals surface area contributed by atoms with E-state index in [0.717, 1.165) is 7.05 Å². The molecule has 0 aliphatic carbocycles. The molecule has 0 aromatic heterocycles. The third kappa shape index (κ3) is 8.91. The first-order valence-corrected chi connectivity index (χ1v) is 9.14. The Kier molecular flexibility index (Phi) is 10.3. The summed E-state index contributed by atoms with van der Waals surface area (Å²) < 4.78 is 10.9. The van der Waals surface area contributed by atoms with E-state index >= 15 is 0 Å². The normalized spacial score (nSPS) is 11.6. The molecule has 0 atom stereocenters. The van der Waals surface area contributed by atoms with Gasteiger partial charge in [-0.1, -0.05) is 37.0 Å². The van der Waals surface area contributed by atoms with Gasteiger partial charge < -0.3 is 9.94 Å². The molecule has 0 unspecified atom stereocenters. The molecule has 150 valence electrons. The van der Waals surface area contributed by atoms with Gasteiger partial charge in [-0.05, 0) is 12.8 Å². The summed E-state index contributed by atoms with van der Waals surface area (Å²) in [5.74, 6) is -2.23. The molecule has 2 amide bonds. The molecule has 0 rings (SSSR count). The number of aliphatic carboxylic acids is 1. The minimum absolute atomic E-state index is 0.117. The second-order valence-electron chi connectivity index (χ2n) is 5.43. The average Bonchev–Trinajstić information content (AvgIpc) is 2.53. The van der Waals surface area contributed by atoms with E-state index in [2.05, 4.69) is 4.84 Å². The number of amides is 2. The Bertz CT molecular complexity index is 540. The molecule has 12 heteroatoms. The monoisotopic (exact) mass is 434 g/mol. The van der Waals surface area contributed by atoms with Gasteiger partial charge >= 0.3 is 16.0 Å². The van der Waals surface area contributed by atoms with Gasteiger partial charge in [-0.2, -0.15) is 9.87 Å². The number of hydrogen-bond acceptors (Lipinski definition) is 6. The Hall–Kier alpha value is -1.26. The van der Waals surface area contributed by atoms with Crippen molar-refractivity contribution in [3.05, 3.63) is 0 Å². The van der Waals surface area contributed by atoms with E-state index in [-0.39, 0.29) is 44.1 Å². The number of rotatable bonds is 10. The lowest BCUT2D eigenvalue weighted by Gasteiger charge is -2.29. The molecular formula is C14H21Cl2FN2O6S. The molecule has 0 bridgehead atoms. The summed E-state index contributed by atoms with van der Waals surface area (Å²) in [7, 11) is 1.13. The number of nitrogens with one attached hydrogen (secondary N) is 1. The fraction of sp³-hybridized carbons (Fsp3) is 0.714. The van der Waals surface area contributed by atoms with Gasteiger partial charge in [0, 0.05) is 31.8 Å². The van der Waals surface area contributed by atoms with Crippen LogP contribution in [0.2, 0.25) is 0 Å². The smallest absolute Gasteiger partial charge is 0.444 e. The summed E-state index contributed by atoms with van der Waals surface area (Å²) in [6.45, 7) is 3.35. The molecule has 0 spiro atoms. The van der Waals surface area contributed by atoms with Crippen molar-refractivity contribution >= 4 is 58.9 Å². The van der Waals surface area contributed by atoms with Crippen molar-refractivity contribution in [2.45, 2.75) is 49.9 Å². The number of alkyl halides is 3. The Morgan fingerprint density at radius 3 is 2.15 bits per heavy atom. The predicted molar refractivity (Wildman–Crippen MR) is 95.0 cm³/mol. The number of halogens is 3. The maximum Gasteiger partial charge on any atom is 0.444 e. The average molecular weight is 435 g/mol. The van der Waals surface area contributed by atoms with E-state index < -0.39 is 33.1 Å². The van der Waals surface area contributed by atoms with Crippen molar-refractivity contribution in [1.82, 2.24) is 9.79 Å². The number of carboxylic acids is 1. The minimum Gasteiger partial charge on any atom is -0.481 e. The molecule has 2 N–H and O–H groups in total. The number of Topliss-reactive ketones (excluding diaryl/α,β-unsaturated/α-hetero) is 1. The molecule has 0 heterocycles. The summed E-state index contributed by atoms with van der Waals surface area (Å²) in [6, 6.07) is 0. The quantitative estimate of drug-likeness (QED) is 0.307. The third-order valence-corrected chi connectivity index (χ3v) is 4.76. The number of carbonyl (C=O) groups is 4. The van der Waals surface area contributed by atoms with Gasteiger partial charge in [0.1, 0.15) is 5.78 Å². The van der Waals surface area contributed by atoms with Gasteiger partial charge in [0.05, 0.1) is 11.8 Å². The van der Waals surface area contributed by atoms with E-state index in [1.807, 2.05) is 5.48 Å². The lowest BCUT2D eigenvalue weighted by Crippen LogP contribution is -2.44. The van der Waals surface area contributed by atoms with Crippen molar-refractivity contribution in [1.29, 1.82) is 0 Å². The standard InChI is InChI=1S/C14H21Cl2FN2O6S/c1-4-13(5-2,8-9(20)6-7-10(21)22)11(23)18-25-12(24)19(3)26-14(15,16)17/h4-8H2,1-3H3,(H,18,23)(H,21,22). The molecule has 0 saturated heterocycles. The summed E-state index contributed by atoms with van der Waals surface area (Å²) in [5, 5.41) is 8.62. The number of hydroxylamine groups is 1. The largest absolute Gasteiger partial charge is 0.481 e. The molecular weight excluding hydrogens is 414 g/mol. The molecule has 0 fully saturated rings. The number of carboxylic acid groups (broad SMARTS) is 1. The second kappa shape index (κ2) is 10.8. The zero-order chi connectivity index (χ0) is 20.5. The van der Waals surface area contributed by atoms with Crippen LogP contribution in [0.4, 0.5) is 9.18 Å². The fourth-order valence-corrected chi connectivity index (χ4v) is 3.11. The lowest BCUT2D eigenvalue weighted by molar-refractivity contribution is -0.144. The van der Waals surface area contributed by atoms with Crippen LogP contribution in [0.15, 0.2) is 0 Å². The van der Waals surface area contributed by atoms with Crippen molar-refractivity contribution in [3.63, 3.8) is 0 Å². The van der Waals surface area contributed by atoms with E-state index in [4.69, 9.17) is 28.3 Å². The van der Waals surface area contributed by atoms with E-state index in [1.54, 1.807) is 13.8 Å². The number of ketones is 1. The van der Waals surface area contributed by atoms with Crippen LogP contribution in [0.25, 0.3) is 0 Å². The van der Waals surface area contributed by atoms with Gasteiger partial charge in [0.15, 0.2) is 0 Å². The summed E-state index contributed by atoms with van der Waals surface area (Å²) in [5.41, 5.74) is 0.779. The highest BCUT2D eigenvalue weighted by molar-refractivity contribution is 8.01. The van der Waals surface area contributed by atoms with E-state index in [1.165, 1.54) is 0 Å². The zero-order valence-electron chi connectivity index (χ0n) is 14.5. The van der Waals surface area contributed by atoms with Crippen LogP contribution in [0, 0.1) is 5.41 Å². The van der Waals surface area contributed by atoms with Crippen LogP contribution in [0.1, 0.15) is 46.0 Å². The van der Waals surface area contributed by atoms with Crippen LogP contribution in [-0.2, 0) is 19.2 Å². The first-order valence-electron chi connectivity index (χ1n) is 7.61. The van der Waals surface area contributed by atoms with Crippen LogP contribution in [0.3, 0.4) is 0 Å². The minimum atomic E-state index is -2.76. The van der Waals surface area contributed by atoms with Crippen molar-refractivity contribution in [2.24, 2.45) is 5.41 Å². The predicted octanol–water partition coefficient (Wildman–Crippen LogP) is 3.42. The first kappa shape index (κ1) is 24.7. The van der Waals surface area contributed by atoms with Gasteiger partial charge in [0.2, 0.25) is 0 Å². The van der Waals surface area contributed by atoms with Gasteiger partial charge in [0.25, 0.3) is 5.91 Å². The maximum atomic E-state index is 13.0. The van der Waals surface area contributed by atoms with E-state index in [0.29, 0.717) is 4.31 Å². The molecule has 8 nitrogen and oxygen atoms in total.